The van der Waals surface area contributed by atoms with Crippen LogP contribution in [0.25, 0.3) is 0 Å². The topological polar surface area (TPSA) is 50.7 Å². The molecule has 0 amide bonds. The standard InChI is InChI=1S/C11H13BrFNO3/c1-16-11-7(15)4-6(13)9(10(11)12)8-5-14-2-3-17-8/h4,8,14-15H,2-3,5H2,1H3. The van der Waals surface area contributed by atoms with Crippen LogP contribution in [0.1, 0.15) is 11.7 Å². The third-order valence-corrected chi connectivity index (χ3v) is 3.43. The van der Waals surface area contributed by atoms with E-state index in [-0.39, 0.29) is 17.6 Å². The average Bonchev–Trinajstić information content (AvgIpc) is 2.30. The Morgan fingerprint density at radius 3 is 3.00 bits per heavy atom. The van der Waals surface area contributed by atoms with E-state index in [0.717, 1.165) is 12.6 Å². The summed E-state index contributed by atoms with van der Waals surface area (Å²) in [6, 6.07) is 1.04. The maximum atomic E-state index is 13.9. The van der Waals surface area contributed by atoms with Crippen LogP contribution in [0.5, 0.6) is 11.5 Å². The Kier molecular flexibility index (Phi) is 3.86. The summed E-state index contributed by atoms with van der Waals surface area (Å²) in [6.07, 6.45) is -0.382. The van der Waals surface area contributed by atoms with Gasteiger partial charge in [-0.25, -0.2) is 4.39 Å². The summed E-state index contributed by atoms with van der Waals surface area (Å²) in [5.41, 5.74) is 0.367. The van der Waals surface area contributed by atoms with Crippen LogP contribution in [-0.2, 0) is 4.74 Å². The zero-order valence-electron chi connectivity index (χ0n) is 9.30. The molecule has 94 valence electrons. The molecule has 1 aromatic carbocycles. The summed E-state index contributed by atoms with van der Waals surface area (Å²) in [5.74, 6) is -0.524. The number of halogens is 2. The summed E-state index contributed by atoms with van der Waals surface area (Å²) in [6.45, 7) is 1.81. The number of aromatic hydroxyl groups is 1. The van der Waals surface area contributed by atoms with Crippen molar-refractivity contribution in [3.63, 3.8) is 0 Å². The fraction of sp³-hybridized carbons (Fsp3) is 0.455. The van der Waals surface area contributed by atoms with Crippen LogP contribution >= 0.6 is 15.9 Å². The van der Waals surface area contributed by atoms with Gasteiger partial charge in [0, 0.05) is 24.7 Å². The Morgan fingerprint density at radius 2 is 2.41 bits per heavy atom. The minimum absolute atomic E-state index is 0.218. The van der Waals surface area contributed by atoms with Gasteiger partial charge >= 0.3 is 0 Å². The van der Waals surface area contributed by atoms with Gasteiger partial charge in [0.05, 0.1) is 24.3 Å². The number of hydrogen-bond donors (Lipinski definition) is 2. The van der Waals surface area contributed by atoms with E-state index < -0.39 is 5.82 Å². The highest BCUT2D eigenvalue weighted by Crippen LogP contribution is 2.41. The smallest absolute Gasteiger partial charge is 0.175 e. The molecule has 0 saturated carbocycles. The molecule has 1 fully saturated rings. The summed E-state index contributed by atoms with van der Waals surface area (Å²) >= 11 is 3.25. The fourth-order valence-electron chi connectivity index (χ4n) is 1.84. The number of methoxy groups -OCH3 is 1. The third kappa shape index (κ3) is 2.38. The van der Waals surface area contributed by atoms with E-state index in [1.165, 1.54) is 7.11 Å². The largest absolute Gasteiger partial charge is 0.504 e. The lowest BCUT2D eigenvalue weighted by Crippen LogP contribution is -2.34. The minimum Gasteiger partial charge on any atom is -0.504 e. The first-order chi connectivity index (χ1) is 8.15. The number of nitrogens with one attached hydrogen (secondary N) is 1. The molecule has 2 N–H and O–H groups in total. The molecule has 0 aliphatic carbocycles. The number of hydrogen-bond acceptors (Lipinski definition) is 4. The minimum atomic E-state index is -0.510. The van der Waals surface area contributed by atoms with Gasteiger partial charge in [0.15, 0.2) is 11.5 Å². The van der Waals surface area contributed by atoms with Crippen molar-refractivity contribution in [3.8, 4) is 11.5 Å². The average molecular weight is 306 g/mol. The van der Waals surface area contributed by atoms with Crippen LogP contribution in [0.3, 0.4) is 0 Å². The van der Waals surface area contributed by atoms with Crippen molar-refractivity contribution in [3.05, 3.63) is 21.9 Å². The van der Waals surface area contributed by atoms with E-state index in [4.69, 9.17) is 9.47 Å². The molecular formula is C11H13BrFNO3. The van der Waals surface area contributed by atoms with Gasteiger partial charge in [0.2, 0.25) is 0 Å². The van der Waals surface area contributed by atoms with E-state index >= 15 is 0 Å². The van der Waals surface area contributed by atoms with Crippen LogP contribution in [0.4, 0.5) is 4.39 Å². The van der Waals surface area contributed by atoms with Crippen molar-refractivity contribution >= 4 is 15.9 Å². The quantitative estimate of drug-likeness (QED) is 0.877. The second kappa shape index (κ2) is 5.20. The van der Waals surface area contributed by atoms with Gasteiger partial charge in [0.25, 0.3) is 0 Å². The van der Waals surface area contributed by atoms with Gasteiger partial charge in [-0.3, -0.25) is 0 Å². The second-order valence-corrected chi connectivity index (χ2v) is 4.49. The molecule has 0 spiro atoms. The van der Waals surface area contributed by atoms with Crippen molar-refractivity contribution in [1.29, 1.82) is 0 Å². The molecule has 2 rings (SSSR count). The number of phenolic OH excluding ortho intramolecular Hbond substituents is 1. The molecule has 1 aliphatic rings. The lowest BCUT2D eigenvalue weighted by molar-refractivity contribution is 0.0248. The Bertz CT molecular complexity index is 422. The van der Waals surface area contributed by atoms with Crippen LogP contribution in [0.15, 0.2) is 10.5 Å². The molecule has 1 saturated heterocycles. The van der Waals surface area contributed by atoms with E-state index in [1.54, 1.807) is 0 Å². The number of phenols is 1. The molecule has 1 aromatic rings. The third-order valence-electron chi connectivity index (χ3n) is 2.64. The van der Waals surface area contributed by atoms with Crippen LogP contribution in [-0.4, -0.2) is 31.9 Å². The first kappa shape index (κ1) is 12.6. The summed E-state index contributed by atoms with van der Waals surface area (Å²) in [7, 11) is 1.42. The monoisotopic (exact) mass is 305 g/mol. The Balaban J connectivity index is 2.44. The van der Waals surface area contributed by atoms with Crippen molar-refractivity contribution in [1.82, 2.24) is 5.32 Å². The maximum Gasteiger partial charge on any atom is 0.175 e. The van der Waals surface area contributed by atoms with Crippen molar-refractivity contribution in [2.24, 2.45) is 0 Å². The predicted molar refractivity (Wildman–Crippen MR) is 63.9 cm³/mol. The molecule has 6 heteroatoms. The second-order valence-electron chi connectivity index (χ2n) is 3.70. The lowest BCUT2D eigenvalue weighted by atomic mass is 10.1. The highest BCUT2D eigenvalue weighted by atomic mass is 79.9. The Hall–Kier alpha value is -0.850. The predicted octanol–water partition coefficient (Wildman–Crippen LogP) is 1.96. The first-order valence-corrected chi connectivity index (χ1v) is 6.01. The van der Waals surface area contributed by atoms with Crippen LogP contribution < -0.4 is 10.1 Å². The zero-order valence-corrected chi connectivity index (χ0v) is 10.9. The van der Waals surface area contributed by atoms with Crippen molar-refractivity contribution < 1.29 is 19.0 Å². The van der Waals surface area contributed by atoms with Crippen molar-refractivity contribution in [2.45, 2.75) is 6.10 Å². The summed E-state index contributed by atoms with van der Waals surface area (Å²) in [4.78, 5) is 0. The Labute approximate surface area is 107 Å². The van der Waals surface area contributed by atoms with E-state index in [1.807, 2.05) is 0 Å². The van der Waals surface area contributed by atoms with E-state index in [2.05, 4.69) is 21.2 Å². The highest BCUT2D eigenvalue weighted by molar-refractivity contribution is 9.10. The van der Waals surface area contributed by atoms with Gasteiger partial charge in [-0.2, -0.15) is 0 Å². The molecule has 0 bridgehead atoms. The zero-order chi connectivity index (χ0) is 12.4. The molecule has 1 aliphatic heterocycles. The van der Waals surface area contributed by atoms with Gasteiger partial charge in [-0.05, 0) is 15.9 Å². The SMILES string of the molecule is COc1c(O)cc(F)c(C2CNCCO2)c1Br. The van der Waals surface area contributed by atoms with E-state index in [0.29, 0.717) is 23.2 Å². The first-order valence-electron chi connectivity index (χ1n) is 5.22. The molecule has 0 radical (unpaired) electrons. The molecule has 1 heterocycles. The molecule has 0 aromatic heterocycles. The molecule has 1 unspecified atom stereocenters. The Morgan fingerprint density at radius 1 is 1.65 bits per heavy atom. The summed E-state index contributed by atoms with van der Waals surface area (Å²) < 4.78 is 24.8. The molecular weight excluding hydrogens is 293 g/mol. The number of ether oxygens (including phenoxy) is 2. The van der Waals surface area contributed by atoms with Crippen LogP contribution in [0.2, 0.25) is 0 Å². The molecule has 17 heavy (non-hydrogen) atoms. The maximum absolute atomic E-state index is 13.9. The highest BCUT2D eigenvalue weighted by Gasteiger charge is 2.26. The molecule has 4 nitrogen and oxygen atoms in total. The number of benzene rings is 1. The van der Waals surface area contributed by atoms with Gasteiger partial charge in [-0.1, -0.05) is 0 Å². The lowest BCUT2D eigenvalue weighted by Gasteiger charge is -2.26. The van der Waals surface area contributed by atoms with Gasteiger partial charge in [0.1, 0.15) is 5.82 Å². The van der Waals surface area contributed by atoms with Crippen LogP contribution in [0, 0.1) is 5.82 Å². The fourth-order valence-corrected chi connectivity index (χ4v) is 2.65. The molecule has 1 atom stereocenters. The number of rotatable bonds is 2. The number of morpholine rings is 1. The van der Waals surface area contributed by atoms with Crippen molar-refractivity contribution in [2.75, 3.05) is 26.8 Å². The van der Waals surface area contributed by atoms with Gasteiger partial charge in [-0.15, -0.1) is 0 Å². The van der Waals surface area contributed by atoms with Gasteiger partial charge < -0.3 is 19.9 Å². The van der Waals surface area contributed by atoms with E-state index in [9.17, 15) is 9.50 Å². The summed E-state index contributed by atoms with van der Waals surface area (Å²) in [5, 5.41) is 12.7. The normalized spacial score (nSPS) is 20.3.